The first kappa shape index (κ1) is 16.0. The van der Waals surface area contributed by atoms with Gasteiger partial charge in [0.15, 0.2) is 11.2 Å². The van der Waals surface area contributed by atoms with Crippen molar-refractivity contribution in [1.29, 1.82) is 0 Å². The molecule has 1 aromatic carbocycles. The maximum absolute atomic E-state index is 12.3. The summed E-state index contributed by atoms with van der Waals surface area (Å²) in [6.07, 6.45) is -0.807. The fourth-order valence-electron chi connectivity index (χ4n) is 2.69. The molecule has 0 saturated carbocycles. The number of rotatable bonds is 4. The minimum absolute atomic E-state index is 0.148. The van der Waals surface area contributed by atoms with Crippen molar-refractivity contribution in [2.75, 3.05) is 19.0 Å². The highest BCUT2D eigenvalue weighted by Crippen LogP contribution is 2.22. The molecule has 0 aliphatic heterocycles. The number of aliphatic hydroxyl groups excluding tert-OH is 1. The highest BCUT2D eigenvalue weighted by Gasteiger charge is 2.21. The van der Waals surface area contributed by atoms with Crippen LogP contribution in [-0.4, -0.2) is 38.3 Å². The van der Waals surface area contributed by atoms with Gasteiger partial charge in [-0.05, 0) is 5.56 Å². The van der Waals surface area contributed by atoms with Gasteiger partial charge in [0.25, 0.3) is 5.56 Å². The number of imidazole rings is 1. The topological polar surface area (TPSA) is 96.2 Å². The van der Waals surface area contributed by atoms with Crippen LogP contribution in [0.5, 0.6) is 0 Å². The molecule has 2 N–H and O–H groups in total. The molecular weight excluding hydrogens is 310 g/mol. The van der Waals surface area contributed by atoms with E-state index in [0.717, 1.165) is 5.56 Å². The molecule has 0 amide bonds. The predicted molar refractivity (Wildman–Crippen MR) is 91.3 cm³/mol. The molecule has 24 heavy (non-hydrogen) atoms. The van der Waals surface area contributed by atoms with Gasteiger partial charge in [-0.1, -0.05) is 30.3 Å². The normalized spacial score (nSPS) is 12.5. The van der Waals surface area contributed by atoms with Gasteiger partial charge < -0.3 is 14.6 Å². The zero-order chi connectivity index (χ0) is 17.4. The molecule has 0 aliphatic carbocycles. The van der Waals surface area contributed by atoms with Crippen LogP contribution in [-0.2, 0) is 13.6 Å². The Bertz CT molecular complexity index is 985. The summed E-state index contributed by atoms with van der Waals surface area (Å²) in [4.78, 5) is 32.5. The molecule has 8 nitrogen and oxygen atoms in total. The van der Waals surface area contributed by atoms with E-state index in [-0.39, 0.29) is 17.7 Å². The summed E-state index contributed by atoms with van der Waals surface area (Å²) in [6, 6.07) is 9.19. The lowest BCUT2D eigenvalue weighted by atomic mass is 10.1. The third kappa shape index (κ3) is 2.61. The number of H-pyrrole nitrogens is 1. The van der Waals surface area contributed by atoms with Gasteiger partial charge >= 0.3 is 5.69 Å². The standard InChI is InChI=1S/C16H19N5O3/c1-19(2)15-17-13-12(14(23)18-16(24)20(13)3)21(15)9-11(22)10-7-5-4-6-8-10/h4-8,11,22H,9H2,1-3H3,(H,18,23,24)/t11-/m1/s1. The van der Waals surface area contributed by atoms with Gasteiger partial charge in [-0.2, -0.15) is 4.98 Å². The van der Waals surface area contributed by atoms with E-state index in [1.807, 2.05) is 30.3 Å². The molecule has 3 aromatic rings. The number of nitrogens with one attached hydrogen (secondary N) is 1. The molecule has 0 fully saturated rings. The van der Waals surface area contributed by atoms with Gasteiger partial charge in [-0.3, -0.25) is 14.3 Å². The molecule has 0 saturated heterocycles. The molecule has 8 heteroatoms. The second-order valence-electron chi connectivity index (χ2n) is 5.83. The Balaban J connectivity index is 2.19. The lowest BCUT2D eigenvalue weighted by Crippen LogP contribution is -2.29. The molecule has 0 bridgehead atoms. The van der Waals surface area contributed by atoms with E-state index in [0.29, 0.717) is 5.95 Å². The highest BCUT2D eigenvalue weighted by molar-refractivity contribution is 5.74. The Hall–Kier alpha value is -2.87. The van der Waals surface area contributed by atoms with Crippen molar-refractivity contribution in [2.45, 2.75) is 12.6 Å². The van der Waals surface area contributed by atoms with Gasteiger partial charge in [-0.15, -0.1) is 0 Å². The van der Waals surface area contributed by atoms with Crippen molar-refractivity contribution >= 4 is 17.1 Å². The van der Waals surface area contributed by atoms with Gasteiger partial charge in [0, 0.05) is 21.1 Å². The van der Waals surface area contributed by atoms with Crippen LogP contribution in [0.1, 0.15) is 11.7 Å². The monoisotopic (exact) mass is 329 g/mol. The largest absolute Gasteiger partial charge is 0.387 e. The van der Waals surface area contributed by atoms with Crippen LogP contribution in [0.3, 0.4) is 0 Å². The van der Waals surface area contributed by atoms with Crippen molar-refractivity contribution in [3.63, 3.8) is 0 Å². The number of aliphatic hydroxyl groups is 1. The van der Waals surface area contributed by atoms with E-state index in [2.05, 4.69) is 9.97 Å². The van der Waals surface area contributed by atoms with Crippen LogP contribution in [0.4, 0.5) is 5.95 Å². The molecule has 2 heterocycles. The van der Waals surface area contributed by atoms with Gasteiger partial charge in [0.1, 0.15) is 0 Å². The van der Waals surface area contributed by atoms with E-state index in [1.54, 1.807) is 30.6 Å². The van der Waals surface area contributed by atoms with Crippen LogP contribution in [0.25, 0.3) is 11.2 Å². The van der Waals surface area contributed by atoms with Crippen molar-refractivity contribution < 1.29 is 5.11 Å². The fraction of sp³-hybridized carbons (Fsp3) is 0.312. The molecule has 0 radical (unpaired) electrons. The quantitative estimate of drug-likeness (QED) is 0.714. The van der Waals surface area contributed by atoms with E-state index in [1.165, 1.54) is 4.57 Å². The maximum atomic E-state index is 12.3. The smallest absolute Gasteiger partial charge is 0.329 e. The Morgan fingerprint density at radius 2 is 1.92 bits per heavy atom. The number of benzene rings is 1. The van der Waals surface area contributed by atoms with Crippen molar-refractivity contribution in [1.82, 2.24) is 19.1 Å². The minimum atomic E-state index is -0.807. The Morgan fingerprint density at radius 3 is 2.54 bits per heavy atom. The number of anilines is 1. The van der Waals surface area contributed by atoms with Crippen LogP contribution in [0.15, 0.2) is 39.9 Å². The second-order valence-corrected chi connectivity index (χ2v) is 5.83. The number of fused-ring (bicyclic) bond motifs is 1. The summed E-state index contributed by atoms with van der Waals surface area (Å²) in [5, 5.41) is 10.5. The number of aromatic amines is 1. The van der Waals surface area contributed by atoms with Crippen LogP contribution >= 0.6 is 0 Å². The van der Waals surface area contributed by atoms with E-state index in [4.69, 9.17) is 0 Å². The number of hydrogen-bond acceptors (Lipinski definition) is 5. The Morgan fingerprint density at radius 1 is 1.25 bits per heavy atom. The average molecular weight is 329 g/mol. The summed E-state index contributed by atoms with van der Waals surface area (Å²) in [7, 11) is 5.13. The molecular formula is C16H19N5O3. The summed E-state index contributed by atoms with van der Waals surface area (Å²) in [6.45, 7) is 0.148. The summed E-state index contributed by atoms with van der Waals surface area (Å²) >= 11 is 0. The van der Waals surface area contributed by atoms with E-state index >= 15 is 0 Å². The van der Waals surface area contributed by atoms with Crippen molar-refractivity contribution in [3.05, 3.63) is 56.7 Å². The summed E-state index contributed by atoms with van der Waals surface area (Å²) < 4.78 is 2.92. The van der Waals surface area contributed by atoms with Gasteiger partial charge in [0.2, 0.25) is 5.95 Å². The molecule has 3 rings (SSSR count). The first-order valence-electron chi connectivity index (χ1n) is 7.50. The van der Waals surface area contributed by atoms with E-state index < -0.39 is 17.4 Å². The van der Waals surface area contributed by atoms with Crippen LogP contribution in [0.2, 0.25) is 0 Å². The lowest BCUT2D eigenvalue weighted by molar-refractivity contribution is 0.158. The minimum Gasteiger partial charge on any atom is -0.387 e. The third-order valence-corrected chi connectivity index (χ3v) is 3.93. The first-order valence-corrected chi connectivity index (χ1v) is 7.50. The number of hydrogen-bond donors (Lipinski definition) is 2. The van der Waals surface area contributed by atoms with E-state index in [9.17, 15) is 14.7 Å². The Labute approximate surface area is 137 Å². The second kappa shape index (κ2) is 5.97. The number of aromatic nitrogens is 4. The fourth-order valence-corrected chi connectivity index (χ4v) is 2.69. The highest BCUT2D eigenvalue weighted by atomic mass is 16.3. The van der Waals surface area contributed by atoms with Crippen LogP contribution < -0.4 is 16.1 Å². The Kier molecular flexibility index (Phi) is 3.98. The average Bonchev–Trinajstić information content (AvgIpc) is 2.93. The number of aryl methyl sites for hydroxylation is 1. The predicted octanol–water partition coefficient (Wildman–Crippen LogP) is 0.223. The van der Waals surface area contributed by atoms with Gasteiger partial charge in [-0.25, -0.2) is 4.79 Å². The SMILES string of the molecule is CN(C)c1nc2c(c(=O)[nH]c(=O)n2C)n1C[C@@H](O)c1ccccc1. The summed E-state index contributed by atoms with van der Waals surface area (Å²) in [5.41, 5.74) is 0.244. The zero-order valence-corrected chi connectivity index (χ0v) is 13.7. The third-order valence-electron chi connectivity index (χ3n) is 3.93. The molecule has 2 aromatic heterocycles. The molecule has 0 unspecified atom stereocenters. The zero-order valence-electron chi connectivity index (χ0n) is 13.7. The van der Waals surface area contributed by atoms with Crippen molar-refractivity contribution in [3.8, 4) is 0 Å². The molecule has 0 aliphatic rings. The lowest BCUT2D eigenvalue weighted by Gasteiger charge is -2.17. The molecule has 1 atom stereocenters. The summed E-state index contributed by atoms with van der Waals surface area (Å²) in [5.74, 6) is 0.492. The molecule has 126 valence electrons. The van der Waals surface area contributed by atoms with Crippen LogP contribution in [0, 0.1) is 0 Å². The maximum Gasteiger partial charge on any atom is 0.329 e. The van der Waals surface area contributed by atoms with Gasteiger partial charge in [0.05, 0.1) is 12.6 Å². The van der Waals surface area contributed by atoms with Crippen molar-refractivity contribution in [2.24, 2.45) is 7.05 Å². The molecule has 0 spiro atoms. The number of nitrogens with zero attached hydrogens (tertiary/aromatic N) is 4. The first-order chi connectivity index (χ1) is 11.4.